The molecule has 0 spiro atoms. The smallest absolute Gasteiger partial charge is 0.283 e. The molecule has 3 rings (SSSR count). The standard InChI is InChI=1S/C26H33N3O9/c30-28(31)25-8-5-23(26(21-25)29(32)33)4-1-22-2-6-24(7-3-22)27-9-11-34-13-15-36-17-19-38-20-18-37-16-14-35-12-10-27/h1-8,21H,9-20H2. The second-order valence-electron chi connectivity index (χ2n) is 8.23. The largest absolute Gasteiger partial charge is 0.377 e. The zero-order chi connectivity index (χ0) is 27.0. The van der Waals surface area contributed by atoms with E-state index in [1.54, 1.807) is 12.2 Å². The van der Waals surface area contributed by atoms with Crippen LogP contribution in [-0.2, 0) is 23.7 Å². The van der Waals surface area contributed by atoms with E-state index < -0.39 is 9.85 Å². The number of benzene rings is 2. The van der Waals surface area contributed by atoms with Crippen molar-refractivity contribution in [3.63, 3.8) is 0 Å². The average Bonchev–Trinajstić information content (AvgIpc) is 2.92. The Hall–Kier alpha value is -3.42. The minimum atomic E-state index is -0.655. The van der Waals surface area contributed by atoms with Crippen LogP contribution in [0, 0.1) is 20.2 Å². The molecule has 2 aromatic carbocycles. The van der Waals surface area contributed by atoms with Gasteiger partial charge in [0, 0.05) is 24.8 Å². The van der Waals surface area contributed by atoms with E-state index in [2.05, 4.69) is 4.90 Å². The number of anilines is 1. The fraction of sp³-hybridized carbons (Fsp3) is 0.462. The predicted molar refractivity (Wildman–Crippen MR) is 141 cm³/mol. The van der Waals surface area contributed by atoms with Gasteiger partial charge in [0.05, 0.1) is 87.5 Å². The van der Waals surface area contributed by atoms with Crippen LogP contribution >= 0.6 is 0 Å². The molecular weight excluding hydrogens is 498 g/mol. The van der Waals surface area contributed by atoms with E-state index in [-0.39, 0.29) is 16.9 Å². The summed E-state index contributed by atoms with van der Waals surface area (Å²) >= 11 is 0. The summed E-state index contributed by atoms with van der Waals surface area (Å²) in [6.45, 7) is 6.40. The lowest BCUT2D eigenvalue weighted by molar-refractivity contribution is -0.394. The molecule has 0 aliphatic carbocycles. The van der Waals surface area contributed by atoms with Gasteiger partial charge in [-0.15, -0.1) is 0 Å². The van der Waals surface area contributed by atoms with Gasteiger partial charge in [-0.1, -0.05) is 18.2 Å². The van der Waals surface area contributed by atoms with Crippen molar-refractivity contribution in [2.45, 2.75) is 0 Å². The molecule has 0 aromatic heterocycles. The van der Waals surface area contributed by atoms with Crippen LogP contribution in [0.5, 0.6) is 0 Å². The molecule has 12 heteroatoms. The van der Waals surface area contributed by atoms with E-state index in [1.165, 1.54) is 12.1 Å². The van der Waals surface area contributed by atoms with Crippen molar-refractivity contribution in [1.82, 2.24) is 0 Å². The van der Waals surface area contributed by atoms with Crippen molar-refractivity contribution >= 4 is 29.2 Å². The molecule has 2 aromatic rings. The van der Waals surface area contributed by atoms with E-state index in [1.807, 2.05) is 24.3 Å². The molecule has 0 unspecified atom stereocenters. The van der Waals surface area contributed by atoms with E-state index in [9.17, 15) is 20.2 Å². The summed E-state index contributed by atoms with van der Waals surface area (Å²) in [5, 5.41) is 22.3. The Balaban J connectivity index is 1.62. The number of hydrogen-bond donors (Lipinski definition) is 0. The van der Waals surface area contributed by atoms with Gasteiger partial charge < -0.3 is 28.6 Å². The van der Waals surface area contributed by atoms with Gasteiger partial charge in [-0.2, -0.15) is 0 Å². The summed E-state index contributed by atoms with van der Waals surface area (Å²) in [6.07, 6.45) is 3.31. The minimum absolute atomic E-state index is 0.284. The van der Waals surface area contributed by atoms with E-state index in [4.69, 9.17) is 23.7 Å². The highest BCUT2D eigenvalue weighted by molar-refractivity contribution is 5.75. The normalized spacial score (nSPS) is 17.5. The first kappa shape index (κ1) is 29.1. The van der Waals surface area contributed by atoms with Crippen LogP contribution in [0.3, 0.4) is 0 Å². The Morgan fingerprint density at radius 1 is 0.632 bits per heavy atom. The first-order valence-corrected chi connectivity index (χ1v) is 12.4. The zero-order valence-corrected chi connectivity index (χ0v) is 21.2. The van der Waals surface area contributed by atoms with Gasteiger partial charge in [-0.3, -0.25) is 20.2 Å². The predicted octanol–water partition coefficient (Wildman–Crippen LogP) is 3.58. The average molecular weight is 532 g/mol. The lowest BCUT2D eigenvalue weighted by Gasteiger charge is -2.25. The van der Waals surface area contributed by atoms with E-state index in [0.717, 1.165) is 17.3 Å². The first-order valence-electron chi connectivity index (χ1n) is 12.4. The lowest BCUT2D eigenvalue weighted by atomic mass is 10.1. The molecule has 0 N–H and O–H groups in total. The van der Waals surface area contributed by atoms with Gasteiger partial charge in [-0.25, -0.2) is 0 Å². The van der Waals surface area contributed by atoms with Gasteiger partial charge in [0.2, 0.25) is 0 Å². The van der Waals surface area contributed by atoms with Crippen LogP contribution in [0.2, 0.25) is 0 Å². The Labute approximate surface area is 221 Å². The molecule has 0 bridgehead atoms. The third-order valence-electron chi connectivity index (χ3n) is 5.63. The number of nitro benzene ring substituents is 2. The van der Waals surface area contributed by atoms with Crippen molar-refractivity contribution in [2.75, 3.05) is 84.1 Å². The Bertz CT molecular complexity index is 1030. The number of rotatable bonds is 5. The molecule has 1 saturated heterocycles. The molecule has 38 heavy (non-hydrogen) atoms. The van der Waals surface area contributed by atoms with Crippen molar-refractivity contribution in [3.05, 3.63) is 73.8 Å². The molecule has 0 radical (unpaired) electrons. The molecule has 0 saturated carbocycles. The van der Waals surface area contributed by atoms with Crippen LogP contribution in [0.15, 0.2) is 42.5 Å². The van der Waals surface area contributed by atoms with Crippen molar-refractivity contribution in [3.8, 4) is 0 Å². The summed E-state index contributed by atoms with van der Waals surface area (Å²) in [5.41, 5.74) is 1.45. The summed E-state index contributed by atoms with van der Waals surface area (Å²) < 4.78 is 27.9. The van der Waals surface area contributed by atoms with Gasteiger partial charge >= 0.3 is 0 Å². The van der Waals surface area contributed by atoms with Crippen molar-refractivity contribution in [1.29, 1.82) is 0 Å². The fourth-order valence-electron chi connectivity index (χ4n) is 3.63. The summed E-state index contributed by atoms with van der Waals surface area (Å²) in [4.78, 5) is 23.2. The maximum Gasteiger partial charge on any atom is 0.283 e. The van der Waals surface area contributed by atoms with Crippen LogP contribution in [0.4, 0.5) is 17.1 Å². The second kappa shape index (κ2) is 16.4. The van der Waals surface area contributed by atoms with Gasteiger partial charge in [0.1, 0.15) is 0 Å². The molecular formula is C26H33N3O9. The summed E-state index contributed by atoms with van der Waals surface area (Å²) in [5.74, 6) is 0. The van der Waals surface area contributed by atoms with E-state index in [0.29, 0.717) is 79.2 Å². The number of hydrogen-bond acceptors (Lipinski definition) is 10. The van der Waals surface area contributed by atoms with Gasteiger partial charge in [0.25, 0.3) is 11.4 Å². The highest BCUT2D eigenvalue weighted by atomic mass is 16.6. The first-order chi connectivity index (χ1) is 18.5. The third-order valence-corrected chi connectivity index (χ3v) is 5.63. The minimum Gasteiger partial charge on any atom is -0.377 e. The summed E-state index contributed by atoms with van der Waals surface area (Å²) in [6, 6.07) is 11.3. The third kappa shape index (κ3) is 10.1. The number of nitrogens with zero attached hydrogens (tertiary/aromatic N) is 3. The van der Waals surface area contributed by atoms with Crippen molar-refractivity contribution < 1.29 is 33.5 Å². The van der Waals surface area contributed by atoms with Gasteiger partial charge in [-0.05, 0) is 29.8 Å². The quantitative estimate of drug-likeness (QED) is 0.320. The van der Waals surface area contributed by atoms with Crippen molar-refractivity contribution in [2.24, 2.45) is 0 Å². The molecule has 1 aliphatic heterocycles. The Morgan fingerprint density at radius 3 is 1.61 bits per heavy atom. The van der Waals surface area contributed by atoms with E-state index >= 15 is 0 Å². The maximum atomic E-state index is 11.4. The molecule has 12 nitrogen and oxygen atoms in total. The zero-order valence-electron chi connectivity index (χ0n) is 21.2. The summed E-state index contributed by atoms with van der Waals surface area (Å²) in [7, 11) is 0. The number of nitro groups is 2. The van der Waals surface area contributed by atoms with Crippen LogP contribution in [0.25, 0.3) is 12.2 Å². The Kier molecular flexibility index (Phi) is 12.6. The number of non-ortho nitro benzene ring substituents is 1. The van der Waals surface area contributed by atoms with Crippen LogP contribution < -0.4 is 4.90 Å². The topological polar surface area (TPSA) is 136 Å². The lowest BCUT2D eigenvalue weighted by Crippen LogP contribution is -2.31. The Morgan fingerprint density at radius 2 is 1.13 bits per heavy atom. The van der Waals surface area contributed by atoms with Crippen LogP contribution in [0.1, 0.15) is 11.1 Å². The number of ether oxygens (including phenoxy) is 5. The highest BCUT2D eigenvalue weighted by Crippen LogP contribution is 2.26. The fourth-order valence-corrected chi connectivity index (χ4v) is 3.63. The van der Waals surface area contributed by atoms with Crippen LogP contribution in [-0.4, -0.2) is 89.0 Å². The maximum absolute atomic E-state index is 11.4. The monoisotopic (exact) mass is 531 g/mol. The molecule has 206 valence electrons. The molecule has 1 heterocycles. The highest BCUT2D eigenvalue weighted by Gasteiger charge is 2.17. The molecule has 0 amide bonds. The van der Waals surface area contributed by atoms with Gasteiger partial charge in [0.15, 0.2) is 0 Å². The molecule has 1 fully saturated rings. The SMILES string of the molecule is O=[N+]([O-])c1ccc(C=Cc2ccc(N3CCOCCOCCOCCOCCOCC3)cc2)c([N+](=O)[O-])c1. The second-order valence-corrected chi connectivity index (χ2v) is 8.23. The molecule has 1 aliphatic rings. The molecule has 0 atom stereocenters.